The first-order valence-corrected chi connectivity index (χ1v) is 14.7. The summed E-state index contributed by atoms with van der Waals surface area (Å²) in [6.45, 7) is 0. The second kappa shape index (κ2) is 12.3. The number of benzene rings is 4. The van der Waals surface area contributed by atoms with Gasteiger partial charge in [-0.1, -0.05) is 97.5 Å². The molecule has 11 heteroatoms. The molecule has 0 atom stereocenters. The number of esters is 1. The van der Waals surface area contributed by atoms with Crippen molar-refractivity contribution in [2.75, 3.05) is 0 Å². The first kappa shape index (κ1) is 28.6. The fourth-order valence-corrected chi connectivity index (χ4v) is 6.48. The van der Waals surface area contributed by atoms with Crippen molar-refractivity contribution in [3.8, 4) is 16.9 Å². The fraction of sp³-hybridized carbons (Fsp3) is 0. The van der Waals surface area contributed by atoms with Crippen LogP contribution in [0, 0.1) is 0 Å². The highest BCUT2D eigenvalue weighted by Crippen LogP contribution is 2.38. The second-order valence-corrected chi connectivity index (χ2v) is 11.9. The van der Waals surface area contributed by atoms with Crippen LogP contribution in [0.25, 0.3) is 22.0 Å². The number of hydrogen-bond donors (Lipinski definition) is 2. The van der Waals surface area contributed by atoms with Gasteiger partial charge in [-0.25, -0.2) is 10.2 Å². The van der Waals surface area contributed by atoms with E-state index in [0.717, 1.165) is 15.4 Å². The molecule has 40 heavy (non-hydrogen) atoms. The van der Waals surface area contributed by atoms with Gasteiger partial charge < -0.3 is 9.72 Å². The molecule has 200 valence electrons. The molecular weight excluding hydrogens is 749 g/mol. The van der Waals surface area contributed by atoms with E-state index in [9.17, 15) is 9.59 Å². The highest BCUT2D eigenvalue weighted by atomic mass is 79.9. The lowest BCUT2D eigenvalue weighted by Gasteiger charge is -2.11. The summed E-state index contributed by atoms with van der Waals surface area (Å²) in [5.74, 6) is -0.915. The van der Waals surface area contributed by atoms with E-state index in [-0.39, 0.29) is 16.3 Å². The number of carbonyl (C=O) groups excluding carboxylic acids is 2. The molecule has 0 spiro atoms. The number of nitrogens with one attached hydrogen (secondary N) is 2. The predicted octanol–water partition coefficient (Wildman–Crippen LogP) is 9.41. The Morgan fingerprint density at radius 2 is 1.57 bits per heavy atom. The molecule has 1 amide bonds. The maximum absolute atomic E-state index is 13.4. The third-order valence-electron chi connectivity index (χ3n) is 5.81. The maximum Gasteiger partial charge on any atom is 0.345 e. The minimum absolute atomic E-state index is 0.207. The molecular formula is C29H16Br3Cl2N3O3. The predicted molar refractivity (Wildman–Crippen MR) is 170 cm³/mol. The number of fused-ring (bicyclic) bond motifs is 1. The van der Waals surface area contributed by atoms with Gasteiger partial charge in [-0.2, -0.15) is 5.10 Å². The zero-order valence-electron chi connectivity index (χ0n) is 20.1. The summed E-state index contributed by atoms with van der Waals surface area (Å²) in [4.78, 5) is 29.4. The smallest absolute Gasteiger partial charge is 0.345 e. The van der Waals surface area contributed by atoms with Crippen LogP contribution >= 0.6 is 71.0 Å². The molecule has 0 aliphatic rings. The van der Waals surface area contributed by atoms with E-state index in [1.165, 1.54) is 6.21 Å². The van der Waals surface area contributed by atoms with Crippen molar-refractivity contribution in [1.82, 2.24) is 10.4 Å². The second-order valence-electron chi connectivity index (χ2n) is 8.43. The molecule has 5 rings (SSSR count). The third-order valence-corrected chi connectivity index (χ3v) is 7.94. The van der Waals surface area contributed by atoms with E-state index in [0.29, 0.717) is 36.3 Å². The van der Waals surface area contributed by atoms with Crippen molar-refractivity contribution in [1.29, 1.82) is 0 Å². The highest BCUT2D eigenvalue weighted by Gasteiger charge is 2.21. The SMILES string of the molecule is O=C(Oc1c(Br)cc(Br)cc1C=NNC(=O)c1[nH]c2c(Cl)cc(Br)cc2c1-c1ccccc1)c1ccccc1Cl. The molecule has 6 nitrogen and oxygen atoms in total. The summed E-state index contributed by atoms with van der Waals surface area (Å²) in [5.41, 5.74) is 5.64. The Kier molecular flexibility index (Phi) is 8.77. The third kappa shape index (κ3) is 6.04. The van der Waals surface area contributed by atoms with E-state index < -0.39 is 11.9 Å². The number of hydrazone groups is 1. The Hall–Kier alpha value is -2.95. The van der Waals surface area contributed by atoms with Gasteiger partial charge in [0.2, 0.25) is 0 Å². The molecule has 0 fully saturated rings. The van der Waals surface area contributed by atoms with Gasteiger partial charge in [0.25, 0.3) is 5.91 Å². The lowest BCUT2D eigenvalue weighted by atomic mass is 10.0. The fourth-order valence-electron chi connectivity index (χ4n) is 4.07. The highest BCUT2D eigenvalue weighted by molar-refractivity contribution is 9.11. The molecule has 0 unspecified atom stereocenters. The van der Waals surface area contributed by atoms with Crippen molar-refractivity contribution in [3.63, 3.8) is 0 Å². The Labute approximate surface area is 264 Å². The number of aromatic amines is 1. The molecule has 2 N–H and O–H groups in total. The Balaban J connectivity index is 1.47. The van der Waals surface area contributed by atoms with Crippen molar-refractivity contribution < 1.29 is 14.3 Å². The average molecular weight is 765 g/mol. The largest absolute Gasteiger partial charge is 0.421 e. The number of ether oxygens (including phenoxy) is 1. The zero-order chi connectivity index (χ0) is 28.4. The Morgan fingerprint density at radius 3 is 2.33 bits per heavy atom. The molecule has 4 aromatic carbocycles. The standard InChI is InChI=1S/C29H16Br3Cl2N3O3/c30-17-10-16(27(21(32)12-17)40-29(39)19-8-4-5-9-22(19)33)14-35-37-28(38)26-24(15-6-2-1-3-7-15)20-11-18(31)13-23(34)25(20)36-26/h1-14,36H,(H,37,38). The first-order valence-electron chi connectivity index (χ1n) is 11.6. The van der Waals surface area contributed by atoms with Crippen LogP contribution in [0.2, 0.25) is 10.0 Å². The number of rotatable bonds is 6. The van der Waals surface area contributed by atoms with E-state index >= 15 is 0 Å². The van der Waals surface area contributed by atoms with Gasteiger partial charge in [0.15, 0.2) is 5.75 Å². The van der Waals surface area contributed by atoms with Crippen molar-refractivity contribution in [3.05, 3.63) is 119 Å². The van der Waals surface area contributed by atoms with Gasteiger partial charge in [0.05, 0.1) is 31.8 Å². The minimum Gasteiger partial charge on any atom is -0.421 e. The molecule has 0 aliphatic heterocycles. The number of H-pyrrole nitrogens is 1. The van der Waals surface area contributed by atoms with Gasteiger partial charge in [0.1, 0.15) is 5.69 Å². The molecule has 0 aliphatic carbocycles. The summed E-state index contributed by atoms with van der Waals surface area (Å²) in [6, 6.07) is 23.2. The molecule has 0 radical (unpaired) electrons. The Bertz CT molecular complexity index is 1810. The Morgan fingerprint density at radius 1 is 0.875 bits per heavy atom. The number of aromatic nitrogens is 1. The van der Waals surface area contributed by atoms with Gasteiger partial charge in [-0.15, -0.1) is 0 Å². The zero-order valence-corrected chi connectivity index (χ0v) is 26.4. The average Bonchev–Trinajstić information content (AvgIpc) is 3.31. The summed E-state index contributed by atoms with van der Waals surface area (Å²) in [5, 5.41) is 5.67. The summed E-state index contributed by atoms with van der Waals surface area (Å²) >= 11 is 23.0. The molecule has 1 aromatic heterocycles. The van der Waals surface area contributed by atoms with Crippen LogP contribution in [-0.4, -0.2) is 23.1 Å². The van der Waals surface area contributed by atoms with Gasteiger partial charge in [0, 0.05) is 25.5 Å². The van der Waals surface area contributed by atoms with Crippen LogP contribution in [-0.2, 0) is 0 Å². The molecule has 5 aromatic rings. The van der Waals surface area contributed by atoms with Crippen LogP contribution in [0.3, 0.4) is 0 Å². The summed E-state index contributed by atoms with van der Waals surface area (Å²) in [6.07, 6.45) is 1.39. The number of hydrogen-bond acceptors (Lipinski definition) is 4. The number of amides is 1. The quantitative estimate of drug-likeness (QED) is 0.0783. The van der Waals surface area contributed by atoms with Crippen molar-refractivity contribution in [2.24, 2.45) is 5.10 Å². The number of halogens is 5. The number of carbonyl (C=O) groups is 2. The van der Waals surface area contributed by atoms with Crippen molar-refractivity contribution >= 4 is 100.0 Å². The molecule has 0 saturated carbocycles. The minimum atomic E-state index is -0.638. The molecule has 0 bridgehead atoms. The van der Waals surface area contributed by atoms with Gasteiger partial charge in [-0.05, 0) is 57.9 Å². The van der Waals surface area contributed by atoms with Crippen LogP contribution in [0.15, 0.2) is 97.4 Å². The lowest BCUT2D eigenvalue weighted by molar-refractivity contribution is 0.0733. The lowest BCUT2D eigenvalue weighted by Crippen LogP contribution is -2.19. The normalized spacial score (nSPS) is 11.2. The van der Waals surface area contributed by atoms with Gasteiger partial charge >= 0.3 is 5.97 Å². The summed E-state index contributed by atoms with van der Waals surface area (Å²) < 4.78 is 7.64. The van der Waals surface area contributed by atoms with E-state index in [1.807, 2.05) is 36.4 Å². The molecule has 1 heterocycles. The topological polar surface area (TPSA) is 83.5 Å². The van der Waals surface area contributed by atoms with E-state index in [1.54, 1.807) is 42.5 Å². The van der Waals surface area contributed by atoms with E-state index in [2.05, 4.69) is 63.3 Å². The molecule has 0 saturated heterocycles. The number of nitrogens with zero attached hydrogens (tertiary/aromatic N) is 1. The van der Waals surface area contributed by atoms with Crippen LogP contribution < -0.4 is 10.2 Å². The maximum atomic E-state index is 13.4. The van der Waals surface area contributed by atoms with Crippen molar-refractivity contribution in [2.45, 2.75) is 0 Å². The van der Waals surface area contributed by atoms with Crippen LogP contribution in [0.1, 0.15) is 26.4 Å². The van der Waals surface area contributed by atoms with E-state index in [4.69, 9.17) is 27.9 Å². The summed E-state index contributed by atoms with van der Waals surface area (Å²) in [7, 11) is 0. The van der Waals surface area contributed by atoms with Crippen LogP contribution in [0.4, 0.5) is 0 Å². The van der Waals surface area contributed by atoms with Gasteiger partial charge in [-0.3, -0.25) is 4.79 Å². The monoisotopic (exact) mass is 761 g/mol. The first-order chi connectivity index (χ1) is 19.2. The van der Waals surface area contributed by atoms with Crippen LogP contribution in [0.5, 0.6) is 5.75 Å².